The molecule has 19 heavy (non-hydrogen) atoms. The molecule has 4 nitrogen and oxygen atoms in total. The van der Waals surface area contributed by atoms with E-state index in [4.69, 9.17) is 4.74 Å². The average molecular weight is 256 g/mol. The average Bonchev–Trinajstić information content (AvgIpc) is 2.82. The van der Waals surface area contributed by atoms with Gasteiger partial charge in [-0.15, -0.1) is 0 Å². The van der Waals surface area contributed by atoms with Gasteiger partial charge in [-0.1, -0.05) is 0 Å². The Labute approximate surface area is 112 Å². The van der Waals surface area contributed by atoms with Gasteiger partial charge in [0.1, 0.15) is 18.2 Å². The van der Waals surface area contributed by atoms with Crippen LogP contribution in [0.2, 0.25) is 0 Å². The highest BCUT2D eigenvalue weighted by Gasteiger charge is 2.17. The Balaban J connectivity index is 1.76. The minimum Gasteiger partial charge on any atom is -0.486 e. The fraction of sp³-hybridized carbons (Fsp3) is 0.333. The number of aryl methyl sites for hydroxylation is 2. The van der Waals surface area contributed by atoms with Crippen molar-refractivity contribution in [2.45, 2.75) is 25.9 Å². The molecule has 4 heteroatoms. The zero-order chi connectivity index (χ0) is 13.2. The molecule has 0 saturated carbocycles. The van der Waals surface area contributed by atoms with E-state index in [9.17, 15) is 4.79 Å². The molecule has 0 N–H and O–H groups in total. The minimum absolute atomic E-state index is 0.247. The first-order chi connectivity index (χ1) is 9.24. The molecule has 1 aromatic heterocycles. The first-order valence-electron chi connectivity index (χ1n) is 6.49. The molecule has 2 aromatic rings. The third-order valence-corrected chi connectivity index (χ3v) is 3.52. The van der Waals surface area contributed by atoms with Crippen molar-refractivity contribution in [1.29, 1.82) is 0 Å². The summed E-state index contributed by atoms with van der Waals surface area (Å²) in [6.45, 7) is 0.441. The quantitative estimate of drug-likeness (QED) is 0.847. The lowest BCUT2D eigenvalue weighted by Crippen LogP contribution is -2.11. The molecule has 0 radical (unpaired) electrons. The molecule has 1 heterocycles. The standard InChI is InChI=1S/C15H16N2O2/c1-17-8-7-16-15(17)10-19-12-5-6-13-11(9-12)3-2-4-14(13)18/h5-9H,2-4,10H2,1H3. The molecule has 98 valence electrons. The number of imidazole rings is 1. The maximum atomic E-state index is 11.7. The summed E-state index contributed by atoms with van der Waals surface area (Å²) < 4.78 is 7.67. The number of Topliss-reactive ketones (excluding diaryl/α,β-unsaturated/α-hetero) is 1. The molecule has 1 aromatic carbocycles. The van der Waals surface area contributed by atoms with Crippen LogP contribution in [0.15, 0.2) is 30.6 Å². The van der Waals surface area contributed by atoms with Crippen LogP contribution in [-0.2, 0) is 20.1 Å². The number of ketones is 1. The molecule has 1 aliphatic rings. The molecule has 0 amide bonds. The maximum Gasteiger partial charge on any atom is 0.163 e. The highest BCUT2D eigenvalue weighted by atomic mass is 16.5. The smallest absolute Gasteiger partial charge is 0.163 e. The third-order valence-electron chi connectivity index (χ3n) is 3.52. The lowest BCUT2D eigenvalue weighted by molar-refractivity contribution is 0.0972. The Bertz CT molecular complexity index is 616. The second-order valence-corrected chi connectivity index (χ2v) is 4.84. The summed E-state index contributed by atoms with van der Waals surface area (Å²) in [5.74, 6) is 1.93. The summed E-state index contributed by atoms with van der Waals surface area (Å²) in [6, 6.07) is 5.73. The van der Waals surface area contributed by atoms with Gasteiger partial charge in [-0.3, -0.25) is 4.79 Å². The van der Waals surface area contributed by atoms with E-state index in [0.29, 0.717) is 13.0 Å². The maximum absolute atomic E-state index is 11.7. The van der Waals surface area contributed by atoms with Gasteiger partial charge in [0.2, 0.25) is 0 Å². The predicted octanol–water partition coefficient (Wildman–Crippen LogP) is 2.52. The van der Waals surface area contributed by atoms with Crippen LogP contribution in [-0.4, -0.2) is 15.3 Å². The number of fused-ring (bicyclic) bond motifs is 1. The van der Waals surface area contributed by atoms with Crippen molar-refractivity contribution in [2.24, 2.45) is 7.05 Å². The molecule has 3 rings (SSSR count). The van der Waals surface area contributed by atoms with Crippen molar-refractivity contribution < 1.29 is 9.53 Å². The van der Waals surface area contributed by atoms with Crippen LogP contribution in [0.25, 0.3) is 0 Å². The van der Waals surface area contributed by atoms with Crippen molar-refractivity contribution >= 4 is 5.78 Å². The van der Waals surface area contributed by atoms with E-state index in [1.54, 1.807) is 6.20 Å². The third kappa shape index (κ3) is 2.38. The number of rotatable bonds is 3. The van der Waals surface area contributed by atoms with E-state index in [1.165, 1.54) is 0 Å². The number of nitrogens with zero attached hydrogens (tertiary/aromatic N) is 2. The Morgan fingerprint density at radius 1 is 1.37 bits per heavy atom. The van der Waals surface area contributed by atoms with Crippen molar-refractivity contribution in [3.8, 4) is 5.75 Å². The molecule has 0 atom stereocenters. The summed E-state index contributed by atoms with van der Waals surface area (Å²) in [5, 5.41) is 0. The molecule has 0 fully saturated rings. The number of carbonyl (C=O) groups excluding carboxylic acids is 1. The molecule has 0 spiro atoms. The Morgan fingerprint density at radius 3 is 3.05 bits per heavy atom. The summed E-state index contributed by atoms with van der Waals surface area (Å²) in [5.41, 5.74) is 1.96. The zero-order valence-corrected chi connectivity index (χ0v) is 10.9. The van der Waals surface area contributed by atoms with Crippen LogP contribution in [0.5, 0.6) is 5.75 Å². The number of aromatic nitrogens is 2. The van der Waals surface area contributed by atoms with Gasteiger partial charge < -0.3 is 9.30 Å². The molecule has 0 saturated heterocycles. The normalized spacial score (nSPS) is 14.3. The Hall–Kier alpha value is -2.10. The molecular formula is C15H16N2O2. The number of ether oxygens (including phenoxy) is 1. The van der Waals surface area contributed by atoms with E-state index in [0.717, 1.165) is 35.5 Å². The van der Waals surface area contributed by atoms with E-state index in [-0.39, 0.29) is 5.78 Å². The van der Waals surface area contributed by atoms with Crippen LogP contribution in [0.1, 0.15) is 34.6 Å². The van der Waals surface area contributed by atoms with E-state index >= 15 is 0 Å². The molecule has 0 bridgehead atoms. The number of hydrogen-bond acceptors (Lipinski definition) is 3. The van der Waals surface area contributed by atoms with Crippen molar-refractivity contribution in [3.05, 3.63) is 47.5 Å². The van der Waals surface area contributed by atoms with Crippen LogP contribution < -0.4 is 4.74 Å². The highest BCUT2D eigenvalue weighted by Crippen LogP contribution is 2.25. The van der Waals surface area contributed by atoms with Gasteiger partial charge in [0.05, 0.1) is 0 Å². The summed E-state index contributed by atoms with van der Waals surface area (Å²) in [4.78, 5) is 15.9. The predicted molar refractivity (Wildman–Crippen MR) is 71.3 cm³/mol. The van der Waals surface area contributed by atoms with Crippen LogP contribution in [0, 0.1) is 0 Å². The number of benzene rings is 1. The van der Waals surface area contributed by atoms with Gasteiger partial charge >= 0.3 is 0 Å². The summed E-state index contributed by atoms with van der Waals surface area (Å²) in [6.07, 6.45) is 6.21. The van der Waals surface area contributed by atoms with E-state index < -0.39 is 0 Å². The van der Waals surface area contributed by atoms with Gasteiger partial charge in [0, 0.05) is 31.4 Å². The van der Waals surface area contributed by atoms with Gasteiger partial charge in [-0.05, 0) is 36.6 Å². The highest BCUT2D eigenvalue weighted by molar-refractivity contribution is 5.98. The lowest BCUT2D eigenvalue weighted by atomic mass is 9.91. The Kier molecular flexibility index (Phi) is 3.07. The largest absolute Gasteiger partial charge is 0.486 e. The minimum atomic E-state index is 0.247. The molecule has 0 unspecified atom stereocenters. The fourth-order valence-corrected chi connectivity index (χ4v) is 2.40. The second kappa shape index (κ2) is 4.88. The van der Waals surface area contributed by atoms with E-state index in [2.05, 4.69) is 4.98 Å². The topological polar surface area (TPSA) is 44.1 Å². The number of carbonyl (C=O) groups is 1. The monoisotopic (exact) mass is 256 g/mol. The first kappa shape index (κ1) is 12.0. The molecule has 0 aliphatic heterocycles. The van der Waals surface area contributed by atoms with Gasteiger partial charge in [-0.2, -0.15) is 0 Å². The van der Waals surface area contributed by atoms with Crippen LogP contribution >= 0.6 is 0 Å². The van der Waals surface area contributed by atoms with Gasteiger partial charge in [0.15, 0.2) is 5.78 Å². The van der Waals surface area contributed by atoms with Crippen LogP contribution in [0.3, 0.4) is 0 Å². The van der Waals surface area contributed by atoms with Crippen molar-refractivity contribution in [3.63, 3.8) is 0 Å². The Morgan fingerprint density at radius 2 is 2.26 bits per heavy atom. The van der Waals surface area contributed by atoms with Crippen molar-refractivity contribution in [1.82, 2.24) is 9.55 Å². The second-order valence-electron chi connectivity index (χ2n) is 4.84. The van der Waals surface area contributed by atoms with Gasteiger partial charge in [0.25, 0.3) is 0 Å². The van der Waals surface area contributed by atoms with Crippen molar-refractivity contribution in [2.75, 3.05) is 0 Å². The summed E-state index contributed by atoms with van der Waals surface area (Å²) >= 11 is 0. The SMILES string of the molecule is Cn1ccnc1COc1ccc2c(c1)CCCC2=O. The number of hydrogen-bond donors (Lipinski definition) is 0. The lowest BCUT2D eigenvalue weighted by Gasteiger charge is -2.15. The van der Waals surface area contributed by atoms with E-state index in [1.807, 2.05) is 36.0 Å². The van der Waals surface area contributed by atoms with Crippen LogP contribution in [0.4, 0.5) is 0 Å². The zero-order valence-electron chi connectivity index (χ0n) is 10.9. The molecular weight excluding hydrogens is 240 g/mol. The summed E-state index contributed by atoms with van der Waals surface area (Å²) in [7, 11) is 1.94. The molecule has 1 aliphatic carbocycles. The van der Waals surface area contributed by atoms with Gasteiger partial charge in [-0.25, -0.2) is 4.98 Å². The first-order valence-corrected chi connectivity index (χ1v) is 6.49. The fourth-order valence-electron chi connectivity index (χ4n) is 2.40.